The van der Waals surface area contributed by atoms with Crippen LogP contribution in [0.1, 0.15) is 18.9 Å². The van der Waals surface area contributed by atoms with Crippen LogP contribution >= 0.6 is 0 Å². The molecule has 0 saturated heterocycles. The zero-order chi connectivity index (χ0) is 19.1. The molecule has 0 N–H and O–H groups in total. The number of benzene rings is 1. The van der Waals surface area contributed by atoms with Gasteiger partial charge in [-0.1, -0.05) is 12.1 Å². The number of hydrogen-bond donors (Lipinski definition) is 0. The third-order valence-corrected chi connectivity index (χ3v) is 6.25. The lowest BCUT2D eigenvalue weighted by Gasteiger charge is -2.26. The molecule has 0 radical (unpaired) electrons. The fourth-order valence-corrected chi connectivity index (χ4v) is 4.28. The number of sulfonamides is 1. The van der Waals surface area contributed by atoms with Crippen molar-refractivity contribution in [1.82, 2.24) is 9.29 Å². The first-order chi connectivity index (χ1) is 13.1. The molecule has 3 rings (SSSR count). The summed E-state index contributed by atoms with van der Waals surface area (Å²) in [6.45, 7) is 4.33. The van der Waals surface area contributed by atoms with E-state index in [9.17, 15) is 8.42 Å². The minimum atomic E-state index is -3.52. The summed E-state index contributed by atoms with van der Waals surface area (Å²) >= 11 is 0. The largest absolute Gasteiger partial charge is 0.491 e. The molecule has 1 aromatic heterocycles. The van der Waals surface area contributed by atoms with Crippen LogP contribution in [-0.4, -0.2) is 50.6 Å². The number of ether oxygens (including phenoxy) is 2. The van der Waals surface area contributed by atoms with Crippen molar-refractivity contribution in [2.24, 2.45) is 0 Å². The summed E-state index contributed by atoms with van der Waals surface area (Å²) in [5, 5.41) is 0. The molecular weight excluding hydrogens is 364 g/mol. The maximum Gasteiger partial charge on any atom is 0.243 e. The summed E-state index contributed by atoms with van der Waals surface area (Å²) in [5.74, 6) is 0.631. The second kappa shape index (κ2) is 9.12. The highest BCUT2D eigenvalue weighted by molar-refractivity contribution is 7.89. The number of nitrogens with zero attached hydrogens (tertiary/aromatic N) is 2. The Bertz CT molecular complexity index is 865. The summed E-state index contributed by atoms with van der Waals surface area (Å²) in [6, 6.07) is 10.4. The molecule has 2 heterocycles. The third-order valence-electron chi connectivity index (χ3n) is 4.37. The molecule has 0 unspecified atom stereocenters. The number of hydrogen-bond acceptors (Lipinski definition) is 5. The average molecular weight is 388 g/mol. The van der Waals surface area contributed by atoms with Crippen molar-refractivity contribution in [3.05, 3.63) is 60.4 Å². The van der Waals surface area contributed by atoms with Crippen molar-refractivity contribution in [2.45, 2.75) is 18.2 Å². The molecule has 144 valence electrons. The fraction of sp³-hybridized carbons (Fsp3) is 0.350. The lowest BCUT2D eigenvalue weighted by atomic mass is 10.0. The summed E-state index contributed by atoms with van der Waals surface area (Å²) in [7, 11) is -3.52. The zero-order valence-electron chi connectivity index (χ0n) is 15.4. The Morgan fingerprint density at radius 2 is 1.96 bits per heavy atom. The standard InChI is InChI=1S/C20H24N2O4S/c1-2-25-14-15-26-19-5-7-20(8-6-19)27(23,24)22-12-9-17(10-13-22)18-4-3-11-21-16-18/h3-9,11,16H,2,10,12-15H2,1H3. The highest BCUT2D eigenvalue weighted by Crippen LogP contribution is 2.26. The molecule has 0 atom stereocenters. The Hall–Kier alpha value is -2.22. The van der Waals surface area contributed by atoms with Gasteiger partial charge in [0.25, 0.3) is 0 Å². The van der Waals surface area contributed by atoms with Gasteiger partial charge in [0, 0.05) is 32.1 Å². The second-order valence-electron chi connectivity index (χ2n) is 6.10. The summed E-state index contributed by atoms with van der Waals surface area (Å²) in [6.07, 6.45) is 6.17. The van der Waals surface area contributed by atoms with E-state index in [1.54, 1.807) is 36.7 Å². The first-order valence-corrected chi connectivity index (χ1v) is 10.5. The lowest BCUT2D eigenvalue weighted by Crippen LogP contribution is -2.34. The highest BCUT2D eigenvalue weighted by Gasteiger charge is 2.26. The molecule has 0 bridgehead atoms. The van der Waals surface area contributed by atoms with E-state index in [0.717, 1.165) is 11.1 Å². The van der Waals surface area contributed by atoms with E-state index in [1.807, 2.05) is 25.1 Å². The predicted octanol–water partition coefficient (Wildman–Crippen LogP) is 2.97. The lowest BCUT2D eigenvalue weighted by molar-refractivity contribution is 0.110. The quantitative estimate of drug-likeness (QED) is 0.651. The highest BCUT2D eigenvalue weighted by atomic mass is 32.2. The van der Waals surface area contributed by atoms with Gasteiger partial charge in [0.05, 0.1) is 11.5 Å². The van der Waals surface area contributed by atoms with Gasteiger partial charge in [-0.3, -0.25) is 4.98 Å². The average Bonchev–Trinajstić information content (AvgIpc) is 2.72. The van der Waals surface area contributed by atoms with Crippen LogP contribution in [0.15, 0.2) is 59.8 Å². The second-order valence-corrected chi connectivity index (χ2v) is 8.04. The molecular formula is C20H24N2O4S. The summed E-state index contributed by atoms with van der Waals surface area (Å²) in [5.41, 5.74) is 2.18. The van der Waals surface area contributed by atoms with Gasteiger partial charge in [0.15, 0.2) is 0 Å². The van der Waals surface area contributed by atoms with Crippen LogP contribution in [0.25, 0.3) is 5.57 Å². The molecule has 1 aromatic carbocycles. The third kappa shape index (κ3) is 4.94. The molecule has 1 aliphatic heterocycles. The maximum atomic E-state index is 12.9. The minimum absolute atomic E-state index is 0.276. The molecule has 0 fully saturated rings. The van der Waals surface area contributed by atoms with Gasteiger partial charge in [-0.05, 0) is 54.8 Å². The van der Waals surface area contributed by atoms with E-state index < -0.39 is 10.0 Å². The molecule has 6 nitrogen and oxygen atoms in total. The van der Waals surface area contributed by atoms with Gasteiger partial charge >= 0.3 is 0 Å². The van der Waals surface area contributed by atoms with Crippen molar-refractivity contribution < 1.29 is 17.9 Å². The first-order valence-electron chi connectivity index (χ1n) is 9.01. The smallest absolute Gasteiger partial charge is 0.243 e. The number of pyridine rings is 1. The molecule has 0 spiro atoms. The van der Waals surface area contributed by atoms with Crippen molar-refractivity contribution >= 4 is 15.6 Å². The van der Waals surface area contributed by atoms with E-state index in [4.69, 9.17) is 9.47 Å². The van der Waals surface area contributed by atoms with Gasteiger partial charge in [0.1, 0.15) is 12.4 Å². The van der Waals surface area contributed by atoms with Crippen LogP contribution < -0.4 is 4.74 Å². The van der Waals surface area contributed by atoms with Gasteiger partial charge < -0.3 is 9.47 Å². The molecule has 0 saturated carbocycles. The Morgan fingerprint density at radius 3 is 2.59 bits per heavy atom. The normalized spacial score (nSPS) is 15.4. The van der Waals surface area contributed by atoms with Crippen molar-refractivity contribution in [2.75, 3.05) is 32.9 Å². The Morgan fingerprint density at radius 1 is 1.15 bits per heavy atom. The van der Waals surface area contributed by atoms with E-state index >= 15 is 0 Å². The summed E-state index contributed by atoms with van der Waals surface area (Å²) < 4.78 is 38.0. The van der Waals surface area contributed by atoms with Crippen LogP contribution in [0.5, 0.6) is 5.75 Å². The van der Waals surface area contributed by atoms with Crippen LogP contribution in [0.4, 0.5) is 0 Å². The molecule has 1 aliphatic rings. The maximum absolute atomic E-state index is 12.9. The zero-order valence-corrected chi connectivity index (χ0v) is 16.2. The van der Waals surface area contributed by atoms with E-state index in [2.05, 4.69) is 4.98 Å². The van der Waals surface area contributed by atoms with Crippen molar-refractivity contribution in [3.8, 4) is 5.75 Å². The fourth-order valence-electron chi connectivity index (χ4n) is 2.90. The summed E-state index contributed by atoms with van der Waals surface area (Å²) in [4.78, 5) is 4.40. The van der Waals surface area contributed by atoms with Crippen LogP contribution in [0, 0.1) is 0 Å². The molecule has 7 heteroatoms. The van der Waals surface area contributed by atoms with Gasteiger partial charge in [-0.2, -0.15) is 4.31 Å². The van der Waals surface area contributed by atoms with Crippen LogP contribution in [0.2, 0.25) is 0 Å². The molecule has 0 aliphatic carbocycles. The van der Waals surface area contributed by atoms with Crippen LogP contribution in [0.3, 0.4) is 0 Å². The van der Waals surface area contributed by atoms with Crippen molar-refractivity contribution in [1.29, 1.82) is 0 Å². The molecule has 27 heavy (non-hydrogen) atoms. The van der Waals surface area contributed by atoms with Gasteiger partial charge in [0.2, 0.25) is 10.0 Å². The van der Waals surface area contributed by atoms with Gasteiger partial charge in [-0.25, -0.2) is 8.42 Å². The van der Waals surface area contributed by atoms with E-state index in [-0.39, 0.29) is 4.90 Å². The van der Waals surface area contributed by atoms with Gasteiger partial charge in [-0.15, -0.1) is 0 Å². The first kappa shape index (κ1) is 19.5. The minimum Gasteiger partial charge on any atom is -0.491 e. The van der Waals surface area contributed by atoms with E-state index in [1.165, 1.54) is 4.31 Å². The number of rotatable bonds is 8. The topological polar surface area (TPSA) is 68.7 Å². The SMILES string of the molecule is CCOCCOc1ccc(S(=O)(=O)N2CC=C(c3cccnc3)CC2)cc1. The number of aromatic nitrogens is 1. The Labute approximate surface area is 160 Å². The Kier molecular flexibility index (Phi) is 6.60. The molecule has 2 aromatic rings. The predicted molar refractivity (Wildman–Crippen MR) is 104 cm³/mol. The van der Waals surface area contributed by atoms with Crippen molar-refractivity contribution in [3.63, 3.8) is 0 Å². The van der Waals surface area contributed by atoms with Crippen LogP contribution in [-0.2, 0) is 14.8 Å². The monoisotopic (exact) mass is 388 g/mol. The van der Waals surface area contributed by atoms with E-state index in [0.29, 0.717) is 45.1 Å². The Balaban J connectivity index is 1.64. The molecule has 0 amide bonds.